The summed E-state index contributed by atoms with van der Waals surface area (Å²) < 4.78 is 39.1. The maximum atomic E-state index is 13.0. The molecule has 128 valence electrons. The molecular weight excluding hydrogens is 325 g/mol. The minimum atomic E-state index is -4.48. The van der Waals surface area contributed by atoms with Gasteiger partial charge in [0.2, 0.25) is 0 Å². The molecule has 2 heterocycles. The zero-order valence-electron chi connectivity index (χ0n) is 12.5. The Balaban J connectivity index is 2.01. The average Bonchev–Trinajstić information content (AvgIpc) is 2.99. The number of aromatic nitrogens is 1. The number of carbonyl (C=O) groups excluding carboxylic acids is 1. The van der Waals surface area contributed by atoms with Crippen LogP contribution in [-0.2, 0) is 0 Å². The highest BCUT2D eigenvalue weighted by atomic mass is 19.4. The van der Waals surface area contributed by atoms with Gasteiger partial charge in [0.05, 0.1) is 24.1 Å². The summed E-state index contributed by atoms with van der Waals surface area (Å²) in [5, 5.41) is 10.0. The van der Waals surface area contributed by atoms with Gasteiger partial charge in [0.25, 0.3) is 11.5 Å². The number of carbonyl (C=O) groups is 1. The summed E-state index contributed by atoms with van der Waals surface area (Å²) in [6.07, 6.45) is -3.51. The van der Waals surface area contributed by atoms with Crippen LogP contribution in [0.4, 0.5) is 13.2 Å². The summed E-state index contributed by atoms with van der Waals surface area (Å²) >= 11 is 0. The first-order chi connectivity index (χ1) is 11.3. The van der Waals surface area contributed by atoms with Crippen LogP contribution >= 0.6 is 0 Å². The Morgan fingerprint density at radius 3 is 2.58 bits per heavy atom. The van der Waals surface area contributed by atoms with Crippen molar-refractivity contribution in [1.82, 2.24) is 9.88 Å². The van der Waals surface area contributed by atoms with Crippen LogP contribution in [-0.4, -0.2) is 46.3 Å². The van der Waals surface area contributed by atoms with Gasteiger partial charge in [-0.1, -0.05) is 18.2 Å². The molecule has 1 fully saturated rings. The number of aliphatic hydroxyl groups excluding tert-OH is 1. The predicted molar refractivity (Wildman–Crippen MR) is 80.6 cm³/mol. The van der Waals surface area contributed by atoms with Crippen LogP contribution in [0.15, 0.2) is 35.3 Å². The number of hydrogen-bond donors (Lipinski definition) is 2. The fraction of sp³-hybridized carbons (Fsp3) is 0.375. The van der Waals surface area contributed by atoms with E-state index in [0.29, 0.717) is 5.39 Å². The van der Waals surface area contributed by atoms with E-state index in [4.69, 9.17) is 0 Å². The molecular formula is C16H15F3N2O3. The van der Waals surface area contributed by atoms with Crippen LogP contribution in [0, 0.1) is 5.92 Å². The van der Waals surface area contributed by atoms with Crippen molar-refractivity contribution in [1.29, 1.82) is 0 Å². The number of alkyl halides is 3. The fourth-order valence-corrected chi connectivity index (χ4v) is 3.25. The van der Waals surface area contributed by atoms with Crippen molar-refractivity contribution in [2.45, 2.75) is 18.6 Å². The molecule has 24 heavy (non-hydrogen) atoms. The number of amides is 1. The lowest BCUT2D eigenvalue weighted by atomic mass is 10.00. The van der Waals surface area contributed by atoms with Crippen LogP contribution in [0.3, 0.4) is 0 Å². The lowest BCUT2D eigenvalue weighted by Crippen LogP contribution is -2.44. The number of pyridine rings is 1. The summed E-state index contributed by atoms with van der Waals surface area (Å²) in [7, 11) is 0. The van der Waals surface area contributed by atoms with Crippen LogP contribution < -0.4 is 5.56 Å². The van der Waals surface area contributed by atoms with Crippen LogP contribution in [0.1, 0.15) is 16.8 Å². The highest BCUT2D eigenvalue weighted by Gasteiger charge is 2.51. The van der Waals surface area contributed by atoms with Crippen molar-refractivity contribution in [2.75, 3.05) is 13.2 Å². The third-order valence-corrected chi connectivity index (χ3v) is 4.45. The van der Waals surface area contributed by atoms with E-state index < -0.39 is 30.7 Å². The molecule has 2 atom stereocenters. The number of benzene rings is 1. The number of H-pyrrole nitrogens is 1. The third-order valence-electron chi connectivity index (χ3n) is 4.45. The molecule has 0 spiro atoms. The van der Waals surface area contributed by atoms with Gasteiger partial charge in [-0.3, -0.25) is 9.59 Å². The Morgan fingerprint density at radius 2 is 1.96 bits per heavy atom. The van der Waals surface area contributed by atoms with Crippen molar-refractivity contribution in [2.24, 2.45) is 5.92 Å². The third kappa shape index (κ3) is 2.66. The second-order valence-corrected chi connectivity index (χ2v) is 5.76. The van der Waals surface area contributed by atoms with E-state index in [0.717, 1.165) is 4.90 Å². The Hall–Kier alpha value is -2.35. The van der Waals surface area contributed by atoms with E-state index in [2.05, 4.69) is 4.98 Å². The number of hydrogen-bond acceptors (Lipinski definition) is 3. The molecule has 1 aromatic carbocycles. The van der Waals surface area contributed by atoms with E-state index >= 15 is 0 Å². The van der Waals surface area contributed by atoms with E-state index in [1.54, 1.807) is 18.2 Å². The van der Waals surface area contributed by atoms with Crippen LogP contribution in [0.25, 0.3) is 10.8 Å². The van der Waals surface area contributed by atoms with Crippen LogP contribution in [0.5, 0.6) is 0 Å². The Morgan fingerprint density at radius 1 is 1.29 bits per heavy atom. The molecule has 3 rings (SSSR count). The summed E-state index contributed by atoms with van der Waals surface area (Å²) in [6.45, 7) is -0.862. The first-order valence-corrected chi connectivity index (χ1v) is 7.43. The highest BCUT2D eigenvalue weighted by Crippen LogP contribution is 2.38. The quantitative estimate of drug-likeness (QED) is 0.877. The lowest BCUT2D eigenvalue weighted by Gasteiger charge is -2.28. The minimum absolute atomic E-state index is 0.0955. The molecule has 1 aliphatic rings. The number of likely N-dealkylation sites (tertiary alicyclic amines) is 1. The maximum absolute atomic E-state index is 13.0. The Labute approximate surface area is 134 Å². The van der Waals surface area contributed by atoms with Gasteiger partial charge in [0, 0.05) is 23.5 Å². The molecule has 2 N–H and O–H groups in total. The number of rotatable bonds is 2. The second kappa shape index (κ2) is 5.94. The highest BCUT2D eigenvalue weighted by molar-refractivity contribution is 6.06. The molecule has 0 unspecified atom stereocenters. The smallest absolute Gasteiger partial charge is 0.393 e. The molecule has 1 amide bonds. The van der Waals surface area contributed by atoms with Gasteiger partial charge in [-0.2, -0.15) is 13.2 Å². The number of nitrogens with zero attached hydrogens (tertiary/aromatic N) is 1. The molecule has 1 aromatic heterocycles. The molecule has 0 bridgehead atoms. The first kappa shape index (κ1) is 16.5. The SMILES string of the molecule is O=C(c1c[nH]c(=O)c2ccccc12)N1CC[C@H](C(F)(F)F)[C@H]1CO. The fourth-order valence-electron chi connectivity index (χ4n) is 3.25. The molecule has 1 aliphatic heterocycles. The van der Waals surface area contributed by atoms with Gasteiger partial charge in [-0.05, 0) is 12.5 Å². The van der Waals surface area contributed by atoms with E-state index in [1.165, 1.54) is 12.3 Å². The zero-order valence-corrected chi connectivity index (χ0v) is 12.5. The van der Waals surface area contributed by atoms with Crippen molar-refractivity contribution < 1.29 is 23.1 Å². The predicted octanol–water partition coefficient (Wildman–Crippen LogP) is 1.91. The molecule has 1 saturated heterocycles. The number of nitrogens with one attached hydrogen (secondary N) is 1. The molecule has 0 radical (unpaired) electrons. The summed E-state index contributed by atoms with van der Waals surface area (Å²) in [4.78, 5) is 28.0. The van der Waals surface area contributed by atoms with E-state index in [-0.39, 0.29) is 29.5 Å². The molecule has 2 aromatic rings. The van der Waals surface area contributed by atoms with Crippen molar-refractivity contribution >= 4 is 16.7 Å². The topological polar surface area (TPSA) is 73.4 Å². The average molecular weight is 340 g/mol. The molecule has 0 aliphatic carbocycles. The van der Waals surface area contributed by atoms with E-state index in [9.17, 15) is 27.9 Å². The summed E-state index contributed by atoms with van der Waals surface area (Å²) in [6, 6.07) is 5.07. The standard InChI is InChI=1S/C16H15F3N2O3/c17-16(18,19)12-5-6-21(13(12)8-22)15(24)11-7-20-14(23)10-4-2-1-3-9(10)11/h1-4,7,12-13,22H,5-6,8H2,(H,20,23)/t12-,13+/m0/s1. The normalized spacial score (nSPS) is 21.4. The van der Waals surface area contributed by atoms with Gasteiger partial charge < -0.3 is 15.0 Å². The number of aliphatic hydroxyl groups is 1. The Bertz CT molecular complexity index is 831. The lowest BCUT2D eigenvalue weighted by molar-refractivity contribution is -0.181. The van der Waals surface area contributed by atoms with E-state index in [1.807, 2.05) is 0 Å². The largest absolute Gasteiger partial charge is 0.394 e. The summed E-state index contributed by atoms with van der Waals surface area (Å²) in [5.41, 5.74) is -0.262. The molecule has 0 saturated carbocycles. The van der Waals surface area contributed by atoms with Gasteiger partial charge in [0.1, 0.15) is 0 Å². The Kier molecular flexibility index (Phi) is 4.08. The van der Waals surface area contributed by atoms with Gasteiger partial charge in [0.15, 0.2) is 0 Å². The van der Waals surface area contributed by atoms with Gasteiger partial charge >= 0.3 is 6.18 Å². The second-order valence-electron chi connectivity index (χ2n) is 5.76. The minimum Gasteiger partial charge on any atom is -0.394 e. The molecule has 8 heteroatoms. The number of fused-ring (bicyclic) bond motifs is 1. The van der Waals surface area contributed by atoms with Gasteiger partial charge in [-0.25, -0.2) is 0 Å². The van der Waals surface area contributed by atoms with Crippen molar-refractivity contribution in [3.05, 3.63) is 46.4 Å². The summed E-state index contributed by atoms with van der Waals surface area (Å²) in [5.74, 6) is -2.38. The van der Waals surface area contributed by atoms with Crippen molar-refractivity contribution in [3.63, 3.8) is 0 Å². The maximum Gasteiger partial charge on any atom is 0.393 e. The van der Waals surface area contributed by atoms with Gasteiger partial charge in [-0.15, -0.1) is 0 Å². The zero-order chi connectivity index (χ0) is 17.5. The molecule has 5 nitrogen and oxygen atoms in total. The first-order valence-electron chi connectivity index (χ1n) is 7.43. The van der Waals surface area contributed by atoms with Crippen molar-refractivity contribution in [3.8, 4) is 0 Å². The van der Waals surface area contributed by atoms with Crippen LogP contribution in [0.2, 0.25) is 0 Å². The number of halogens is 3. The monoisotopic (exact) mass is 340 g/mol. The number of aromatic amines is 1.